The second kappa shape index (κ2) is 7.82. The van der Waals surface area contributed by atoms with Gasteiger partial charge in [-0.2, -0.15) is 0 Å². The van der Waals surface area contributed by atoms with E-state index in [1.54, 1.807) is 29.2 Å². The molecule has 0 saturated carbocycles. The van der Waals surface area contributed by atoms with Crippen LogP contribution in [0.4, 0.5) is 11.6 Å². The lowest BCUT2D eigenvalue weighted by Gasteiger charge is -2.10. The highest BCUT2D eigenvalue weighted by atomic mass is 35.5. The summed E-state index contributed by atoms with van der Waals surface area (Å²) < 4.78 is 1.74. The highest BCUT2D eigenvalue weighted by Gasteiger charge is 2.08. The van der Waals surface area contributed by atoms with Gasteiger partial charge in [0.25, 0.3) is 0 Å². The minimum atomic E-state index is 0.331. The van der Waals surface area contributed by atoms with Gasteiger partial charge in [-0.05, 0) is 36.8 Å². The smallest absolute Gasteiger partial charge is 0.248 e. The maximum absolute atomic E-state index is 6.13. The third-order valence-electron chi connectivity index (χ3n) is 3.39. The Morgan fingerprint density at radius 3 is 2.76 bits per heavy atom. The quantitative estimate of drug-likeness (QED) is 0.628. The molecule has 3 aromatic rings. The first-order chi connectivity index (χ1) is 12.0. The van der Waals surface area contributed by atoms with Crippen molar-refractivity contribution in [3.05, 3.63) is 70.0 Å². The molecule has 0 spiro atoms. The predicted octanol–water partition coefficient (Wildman–Crippen LogP) is 4.75. The number of nitrogens with one attached hydrogen (secondary N) is 2. The van der Waals surface area contributed by atoms with Gasteiger partial charge in [-0.1, -0.05) is 59.1 Å². The standard InChI is InChI=1S/C17H15Cl2N5S/c1-11-4-2-5-12(8-11)9-24-10-20-16(23-24)22-17(25)21-14-7-3-6-13(18)15(14)19/h2-8,10H,9H2,1H3,(H2,21,22,23,25). The van der Waals surface area contributed by atoms with E-state index in [0.717, 1.165) is 5.56 Å². The molecule has 0 unspecified atom stereocenters. The van der Waals surface area contributed by atoms with Gasteiger partial charge in [0.1, 0.15) is 6.33 Å². The summed E-state index contributed by atoms with van der Waals surface area (Å²) in [6, 6.07) is 13.5. The molecule has 3 rings (SSSR count). The fourth-order valence-corrected chi connectivity index (χ4v) is 2.83. The zero-order chi connectivity index (χ0) is 17.8. The lowest BCUT2D eigenvalue weighted by Crippen LogP contribution is -2.20. The summed E-state index contributed by atoms with van der Waals surface area (Å²) in [5, 5.41) is 11.5. The van der Waals surface area contributed by atoms with Crippen LogP contribution in [0.1, 0.15) is 11.1 Å². The summed E-state index contributed by atoms with van der Waals surface area (Å²) in [5.74, 6) is 0.406. The Balaban J connectivity index is 1.63. The first kappa shape index (κ1) is 17.7. The van der Waals surface area contributed by atoms with Crippen molar-refractivity contribution in [2.45, 2.75) is 13.5 Å². The molecule has 5 nitrogen and oxygen atoms in total. The lowest BCUT2D eigenvalue weighted by molar-refractivity contribution is 0.687. The van der Waals surface area contributed by atoms with Gasteiger partial charge in [0.05, 0.1) is 22.3 Å². The van der Waals surface area contributed by atoms with E-state index in [1.165, 1.54) is 5.56 Å². The molecule has 2 N–H and O–H groups in total. The molecule has 0 aliphatic rings. The Morgan fingerprint density at radius 1 is 1.16 bits per heavy atom. The number of halogens is 2. The molecule has 25 heavy (non-hydrogen) atoms. The third-order valence-corrected chi connectivity index (χ3v) is 4.41. The van der Waals surface area contributed by atoms with Gasteiger partial charge in [-0.3, -0.25) is 5.32 Å². The number of benzene rings is 2. The van der Waals surface area contributed by atoms with Crippen molar-refractivity contribution in [1.29, 1.82) is 0 Å². The van der Waals surface area contributed by atoms with Crippen LogP contribution in [0.25, 0.3) is 0 Å². The van der Waals surface area contributed by atoms with E-state index in [9.17, 15) is 0 Å². The lowest BCUT2D eigenvalue weighted by atomic mass is 10.1. The zero-order valence-corrected chi connectivity index (χ0v) is 15.7. The van der Waals surface area contributed by atoms with Gasteiger partial charge < -0.3 is 5.32 Å². The summed E-state index contributed by atoms with van der Waals surface area (Å²) in [4.78, 5) is 4.21. The van der Waals surface area contributed by atoms with Gasteiger partial charge >= 0.3 is 0 Å². The Bertz CT molecular complexity index is 910. The second-order valence-electron chi connectivity index (χ2n) is 5.44. The van der Waals surface area contributed by atoms with E-state index in [2.05, 4.69) is 45.8 Å². The molecule has 2 aromatic carbocycles. The van der Waals surface area contributed by atoms with Crippen LogP contribution in [0, 0.1) is 6.92 Å². The number of rotatable bonds is 4. The number of nitrogens with zero attached hydrogens (tertiary/aromatic N) is 3. The molecule has 8 heteroatoms. The summed E-state index contributed by atoms with van der Waals surface area (Å²) in [6.45, 7) is 2.69. The van der Waals surface area contributed by atoms with E-state index in [4.69, 9.17) is 35.4 Å². The molecule has 0 saturated heterocycles. The van der Waals surface area contributed by atoms with Crippen molar-refractivity contribution < 1.29 is 0 Å². The normalized spacial score (nSPS) is 10.5. The van der Waals surface area contributed by atoms with E-state index < -0.39 is 0 Å². The average Bonchev–Trinajstić information content (AvgIpc) is 2.98. The van der Waals surface area contributed by atoms with E-state index in [1.807, 2.05) is 6.07 Å². The minimum Gasteiger partial charge on any atom is -0.331 e. The maximum atomic E-state index is 6.13. The van der Waals surface area contributed by atoms with Crippen LogP contribution < -0.4 is 10.6 Å². The van der Waals surface area contributed by atoms with Crippen molar-refractivity contribution >= 4 is 52.2 Å². The Kier molecular flexibility index (Phi) is 5.53. The van der Waals surface area contributed by atoms with Crippen LogP contribution in [-0.4, -0.2) is 19.9 Å². The molecule has 0 amide bonds. The molecule has 0 fully saturated rings. The van der Waals surface area contributed by atoms with E-state index in [0.29, 0.717) is 33.3 Å². The first-order valence-electron chi connectivity index (χ1n) is 7.48. The fraction of sp³-hybridized carbons (Fsp3) is 0.118. The minimum absolute atomic E-state index is 0.331. The number of hydrogen-bond donors (Lipinski definition) is 2. The molecule has 0 radical (unpaired) electrons. The second-order valence-corrected chi connectivity index (χ2v) is 6.63. The fourth-order valence-electron chi connectivity index (χ4n) is 2.28. The first-order valence-corrected chi connectivity index (χ1v) is 8.65. The van der Waals surface area contributed by atoms with Gasteiger partial charge in [-0.15, -0.1) is 5.10 Å². The summed E-state index contributed by atoms with van der Waals surface area (Å²) in [6.07, 6.45) is 1.65. The van der Waals surface area contributed by atoms with Crippen molar-refractivity contribution in [3.8, 4) is 0 Å². The molecule has 0 aliphatic heterocycles. The van der Waals surface area contributed by atoms with Crippen LogP contribution >= 0.6 is 35.4 Å². The Labute approximate surface area is 161 Å². The van der Waals surface area contributed by atoms with Crippen LogP contribution in [0.5, 0.6) is 0 Å². The number of aromatic nitrogens is 3. The van der Waals surface area contributed by atoms with Gasteiger partial charge in [0.2, 0.25) is 5.95 Å². The Hall–Kier alpha value is -2.15. The van der Waals surface area contributed by atoms with E-state index >= 15 is 0 Å². The van der Waals surface area contributed by atoms with E-state index in [-0.39, 0.29) is 0 Å². The molecular formula is C17H15Cl2N5S. The molecule has 1 aromatic heterocycles. The predicted molar refractivity (Wildman–Crippen MR) is 107 cm³/mol. The summed E-state index contributed by atoms with van der Waals surface area (Å²) in [7, 11) is 0. The third kappa shape index (κ3) is 4.69. The number of anilines is 2. The molecule has 0 bridgehead atoms. The van der Waals surface area contributed by atoms with Crippen LogP contribution in [-0.2, 0) is 6.54 Å². The van der Waals surface area contributed by atoms with Crippen LogP contribution in [0.2, 0.25) is 10.0 Å². The SMILES string of the molecule is Cc1cccc(Cn2cnc(NC(=S)Nc3cccc(Cl)c3Cl)n2)c1. The largest absolute Gasteiger partial charge is 0.331 e. The number of thiocarbonyl (C=S) groups is 1. The van der Waals surface area contributed by atoms with Crippen LogP contribution in [0.3, 0.4) is 0 Å². The summed E-state index contributed by atoms with van der Waals surface area (Å²) in [5.41, 5.74) is 2.98. The highest BCUT2D eigenvalue weighted by molar-refractivity contribution is 7.80. The zero-order valence-electron chi connectivity index (χ0n) is 13.3. The van der Waals surface area contributed by atoms with Gasteiger partial charge in [0.15, 0.2) is 5.11 Å². The van der Waals surface area contributed by atoms with Crippen LogP contribution in [0.15, 0.2) is 48.8 Å². The molecule has 128 valence electrons. The highest BCUT2D eigenvalue weighted by Crippen LogP contribution is 2.29. The molecule has 0 aliphatic carbocycles. The van der Waals surface area contributed by atoms with Crippen molar-refractivity contribution in [2.75, 3.05) is 10.6 Å². The van der Waals surface area contributed by atoms with Crippen molar-refractivity contribution in [1.82, 2.24) is 14.8 Å². The average molecular weight is 392 g/mol. The molecule has 1 heterocycles. The maximum Gasteiger partial charge on any atom is 0.248 e. The monoisotopic (exact) mass is 391 g/mol. The van der Waals surface area contributed by atoms with Crippen molar-refractivity contribution in [2.24, 2.45) is 0 Å². The molecule has 0 atom stereocenters. The van der Waals surface area contributed by atoms with Crippen molar-refractivity contribution in [3.63, 3.8) is 0 Å². The molecular weight excluding hydrogens is 377 g/mol. The topological polar surface area (TPSA) is 54.8 Å². The summed E-state index contributed by atoms with van der Waals surface area (Å²) >= 11 is 17.4. The van der Waals surface area contributed by atoms with Gasteiger partial charge in [0, 0.05) is 0 Å². The Morgan fingerprint density at radius 2 is 1.96 bits per heavy atom. The number of hydrogen-bond acceptors (Lipinski definition) is 3. The number of aryl methyl sites for hydroxylation is 1. The van der Waals surface area contributed by atoms with Gasteiger partial charge in [-0.25, -0.2) is 9.67 Å².